The van der Waals surface area contributed by atoms with Crippen molar-refractivity contribution in [3.63, 3.8) is 0 Å². The number of benzene rings is 3. The predicted octanol–water partition coefficient (Wildman–Crippen LogP) is 3.64. The highest BCUT2D eigenvalue weighted by Crippen LogP contribution is 2.35. The molecular weight excluding hydrogens is 438 g/mol. The monoisotopic (exact) mass is 469 g/mol. The molecule has 0 spiro atoms. The summed E-state index contributed by atoms with van der Waals surface area (Å²) in [5.74, 6) is -0.121. The molecule has 3 aliphatic heterocycles. The van der Waals surface area contributed by atoms with Crippen molar-refractivity contribution in [2.45, 2.75) is 45.3 Å². The van der Waals surface area contributed by atoms with E-state index in [4.69, 9.17) is 0 Å². The zero-order valence-electron chi connectivity index (χ0n) is 20.4. The minimum absolute atomic E-state index is 0.121. The highest BCUT2D eigenvalue weighted by atomic mass is 16.2. The van der Waals surface area contributed by atoms with Crippen molar-refractivity contribution < 1.29 is 9.59 Å². The van der Waals surface area contributed by atoms with Gasteiger partial charge in [-0.3, -0.25) is 19.9 Å². The Bertz CT molecular complexity index is 1320. The van der Waals surface area contributed by atoms with Gasteiger partial charge in [0.05, 0.1) is 6.54 Å². The smallest absolute Gasteiger partial charge is 0.328 e. The Balaban J connectivity index is 1.33. The van der Waals surface area contributed by atoms with Crippen LogP contribution in [0.4, 0.5) is 10.5 Å². The number of nitrogens with one attached hydrogen (secondary N) is 1. The van der Waals surface area contributed by atoms with E-state index in [1.54, 1.807) is 11.9 Å². The molecule has 0 aliphatic carbocycles. The molecule has 3 amide bonds. The van der Waals surface area contributed by atoms with Crippen LogP contribution in [0.5, 0.6) is 0 Å². The molecule has 3 saturated heterocycles. The topological polar surface area (TPSA) is 59.1 Å². The van der Waals surface area contributed by atoms with Crippen LogP contribution < -0.4 is 10.2 Å². The van der Waals surface area contributed by atoms with Crippen molar-refractivity contribution >= 4 is 28.4 Å². The minimum atomic E-state index is -0.411. The molecule has 0 aromatic heterocycles. The summed E-state index contributed by atoms with van der Waals surface area (Å²) < 4.78 is 0. The standard InChI is InChI=1S/C28H31N5O2/c1-18-9-6-14-23(19(18)2)31-15-8-16-32-24-25(29-27(31)32)30(3)28(35)33(26(24)34)17-21-12-7-11-20-10-4-5-13-22(20)21/h4-7,9-14,24-25,27,29H,8,15-17H2,1-3H3. The fourth-order valence-electron chi connectivity index (χ4n) is 5.96. The summed E-state index contributed by atoms with van der Waals surface area (Å²) in [6.07, 6.45) is 0.480. The number of imide groups is 1. The summed E-state index contributed by atoms with van der Waals surface area (Å²) >= 11 is 0. The van der Waals surface area contributed by atoms with Gasteiger partial charge in [0, 0.05) is 25.8 Å². The van der Waals surface area contributed by atoms with Crippen molar-refractivity contribution in [2.24, 2.45) is 0 Å². The molecule has 180 valence electrons. The number of rotatable bonds is 3. The Labute approximate surface area is 205 Å². The van der Waals surface area contributed by atoms with Crippen LogP contribution in [0.15, 0.2) is 60.7 Å². The lowest BCUT2D eigenvalue weighted by Crippen LogP contribution is -2.66. The van der Waals surface area contributed by atoms with Gasteiger partial charge in [-0.2, -0.15) is 0 Å². The van der Waals surface area contributed by atoms with Gasteiger partial charge >= 0.3 is 6.03 Å². The zero-order chi connectivity index (χ0) is 24.3. The Hall–Kier alpha value is -3.42. The van der Waals surface area contributed by atoms with Crippen molar-refractivity contribution in [2.75, 3.05) is 25.0 Å². The quantitative estimate of drug-likeness (QED) is 0.635. The zero-order valence-corrected chi connectivity index (χ0v) is 20.4. The second kappa shape index (κ2) is 8.36. The first-order valence-corrected chi connectivity index (χ1v) is 12.3. The number of amides is 3. The third kappa shape index (κ3) is 3.41. The van der Waals surface area contributed by atoms with E-state index in [2.05, 4.69) is 65.4 Å². The summed E-state index contributed by atoms with van der Waals surface area (Å²) in [6.45, 7) is 6.27. The second-order valence-electron chi connectivity index (χ2n) is 9.89. The van der Waals surface area contributed by atoms with Crippen LogP contribution in [0.25, 0.3) is 10.8 Å². The molecule has 0 bridgehead atoms. The molecular formula is C28H31N5O2. The number of hydrogen-bond acceptors (Lipinski definition) is 5. The molecule has 0 radical (unpaired) electrons. The number of urea groups is 1. The number of likely N-dealkylation sites (N-methyl/N-ethyl adjacent to an activating group) is 1. The van der Waals surface area contributed by atoms with Gasteiger partial charge in [-0.1, -0.05) is 54.6 Å². The van der Waals surface area contributed by atoms with Crippen LogP contribution in [0.3, 0.4) is 0 Å². The number of nitrogens with zero attached hydrogens (tertiary/aromatic N) is 4. The Morgan fingerprint density at radius 1 is 0.943 bits per heavy atom. The maximum atomic E-state index is 13.9. The van der Waals surface area contributed by atoms with Gasteiger partial charge < -0.3 is 9.80 Å². The lowest BCUT2D eigenvalue weighted by molar-refractivity contribution is -0.139. The predicted molar refractivity (Wildman–Crippen MR) is 137 cm³/mol. The third-order valence-corrected chi connectivity index (χ3v) is 7.96. The molecule has 0 saturated carbocycles. The molecule has 3 atom stereocenters. The fourth-order valence-corrected chi connectivity index (χ4v) is 5.96. The number of hydrogen-bond donors (Lipinski definition) is 1. The average Bonchev–Trinajstić information content (AvgIpc) is 3.27. The molecule has 6 rings (SSSR count). The van der Waals surface area contributed by atoms with Gasteiger partial charge in [0.1, 0.15) is 18.5 Å². The third-order valence-electron chi connectivity index (χ3n) is 7.96. The van der Waals surface area contributed by atoms with Crippen LogP contribution in [0.2, 0.25) is 0 Å². The molecule has 3 aromatic carbocycles. The van der Waals surface area contributed by atoms with Gasteiger partial charge in [-0.25, -0.2) is 4.79 Å². The van der Waals surface area contributed by atoms with Gasteiger partial charge in [-0.05, 0) is 53.8 Å². The lowest BCUT2D eigenvalue weighted by atomic mass is 10.0. The number of aryl methyl sites for hydroxylation is 1. The lowest BCUT2D eigenvalue weighted by Gasteiger charge is -2.44. The van der Waals surface area contributed by atoms with E-state index >= 15 is 0 Å². The first kappa shape index (κ1) is 22.1. The summed E-state index contributed by atoms with van der Waals surface area (Å²) in [5, 5.41) is 5.80. The van der Waals surface area contributed by atoms with Crippen molar-refractivity contribution in [3.8, 4) is 0 Å². The number of carbonyl (C=O) groups is 2. The maximum Gasteiger partial charge on any atom is 0.328 e. The molecule has 1 N–H and O–H groups in total. The van der Waals surface area contributed by atoms with Gasteiger partial charge in [0.15, 0.2) is 0 Å². The van der Waals surface area contributed by atoms with Crippen LogP contribution in [0.1, 0.15) is 23.1 Å². The molecule has 7 nitrogen and oxygen atoms in total. The van der Waals surface area contributed by atoms with Gasteiger partial charge in [0.25, 0.3) is 5.91 Å². The summed E-state index contributed by atoms with van der Waals surface area (Å²) in [5.41, 5.74) is 4.66. The van der Waals surface area contributed by atoms with Crippen LogP contribution >= 0.6 is 0 Å². The molecule has 3 aliphatic rings. The average molecular weight is 470 g/mol. The number of anilines is 1. The van der Waals surface area contributed by atoms with E-state index in [0.29, 0.717) is 0 Å². The number of fused-ring (bicyclic) bond motifs is 4. The Kier molecular flexibility index (Phi) is 5.27. The van der Waals surface area contributed by atoms with E-state index in [1.165, 1.54) is 21.7 Å². The van der Waals surface area contributed by atoms with E-state index < -0.39 is 6.04 Å². The second-order valence-corrected chi connectivity index (χ2v) is 9.89. The van der Waals surface area contributed by atoms with Crippen molar-refractivity contribution in [1.29, 1.82) is 0 Å². The number of carbonyl (C=O) groups excluding carboxylic acids is 2. The molecule has 3 aromatic rings. The first-order chi connectivity index (χ1) is 17.0. The maximum absolute atomic E-state index is 13.9. The summed E-state index contributed by atoms with van der Waals surface area (Å²) in [7, 11) is 1.80. The van der Waals surface area contributed by atoms with Crippen molar-refractivity contribution in [3.05, 3.63) is 77.4 Å². The fraction of sp³-hybridized carbons (Fsp3) is 0.357. The molecule has 3 fully saturated rings. The van der Waals surface area contributed by atoms with E-state index in [-0.39, 0.29) is 30.9 Å². The normalized spacial score (nSPS) is 24.8. The first-order valence-electron chi connectivity index (χ1n) is 12.3. The highest BCUT2D eigenvalue weighted by Gasteiger charge is 2.56. The van der Waals surface area contributed by atoms with Crippen LogP contribution in [-0.4, -0.2) is 65.3 Å². The summed E-state index contributed by atoms with van der Waals surface area (Å²) in [4.78, 5) is 35.1. The molecule has 7 heteroatoms. The van der Waals surface area contributed by atoms with E-state index in [1.807, 2.05) is 24.3 Å². The Morgan fingerprint density at radius 2 is 1.71 bits per heavy atom. The Morgan fingerprint density at radius 3 is 2.57 bits per heavy atom. The van der Waals surface area contributed by atoms with Gasteiger partial charge in [0.2, 0.25) is 0 Å². The molecule has 3 heterocycles. The van der Waals surface area contributed by atoms with Crippen LogP contribution in [0, 0.1) is 13.8 Å². The minimum Gasteiger partial charge on any atom is -0.343 e. The van der Waals surface area contributed by atoms with Gasteiger partial charge in [-0.15, -0.1) is 0 Å². The molecule has 35 heavy (non-hydrogen) atoms. The van der Waals surface area contributed by atoms with Crippen LogP contribution in [-0.2, 0) is 11.3 Å². The summed E-state index contributed by atoms with van der Waals surface area (Å²) in [6, 6.07) is 19.9. The largest absolute Gasteiger partial charge is 0.343 e. The SMILES string of the molecule is Cc1cccc(N2CCCN3C4C(=O)N(Cc5cccc6ccccc56)C(=O)N(C)C4NC23)c1C. The molecule has 3 unspecified atom stereocenters. The van der Waals surface area contributed by atoms with E-state index in [0.717, 1.165) is 35.8 Å². The highest BCUT2D eigenvalue weighted by molar-refractivity contribution is 6.01. The van der Waals surface area contributed by atoms with E-state index in [9.17, 15) is 9.59 Å². The van der Waals surface area contributed by atoms with Crippen molar-refractivity contribution in [1.82, 2.24) is 20.0 Å².